The van der Waals surface area contributed by atoms with Crippen LogP contribution in [0.5, 0.6) is 5.75 Å². The van der Waals surface area contributed by atoms with Crippen LogP contribution < -0.4 is 10.5 Å². The van der Waals surface area contributed by atoms with Gasteiger partial charge < -0.3 is 15.0 Å². The standard InChI is InChI=1S/C18H20N4O2S/c1-3-23-13-7-5-12(6-8-13)16-20-11(2)14(25-16)15-21-17(22-24-15)18(19)9-4-10-18/h5-8H,3-4,9-10,19H2,1-2H3. The highest BCUT2D eigenvalue weighted by molar-refractivity contribution is 7.18. The Labute approximate surface area is 150 Å². The maximum atomic E-state index is 6.28. The Hall–Kier alpha value is -2.25. The van der Waals surface area contributed by atoms with Gasteiger partial charge in [-0.15, -0.1) is 11.3 Å². The summed E-state index contributed by atoms with van der Waals surface area (Å²) in [6.07, 6.45) is 2.93. The number of hydrogen-bond donors (Lipinski definition) is 1. The lowest BCUT2D eigenvalue weighted by Gasteiger charge is -2.34. The molecule has 7 heteroatoms. The molecule has 2 aromatic heterocycles. The van der Waals surface area contributed by atoms with Crippen LogP contribution in [-0.4, -0.2) is 21.7 Å². The fourth-order valence-electron chi connectivity index (χ4n) is 2.88. The van der Waals surface area contributed by atoms with Gasteiger partial charge in [-0.05, 0) is 57.4 Å². The van der Waals surface area contributed by atoms with Gasteiger partial charge in [0, 0.05) is 5.56 Å². The van der Waals surface area contributed by atoms with Gasteiger partial charge in [0.25, 0.3) is 5.89 Å². The molecule has 0 atom stereocenters. The summed E-state index contributed by atoms with van der Waals surface area (Å²) >= 11 is 1.55. The van der Waals surface area contributed by atoms with Gasteiger partial charge in [-0.3, -0.25) is 0 Å². The van der Waals surface area contributed by atoms with Gasteiger partial charge in [-0.25, -0.2) is 4.98 Å². The quantitative estimate of drug-likeness (QED) is 0.746. The Kier molecular flexibility index (Phi) is 4.05. The Morgan fingerprint density at radius 1 is 1.24 bits per heavy atom. The van der Waals surface area contributed by atoms with Crippen molar-refractivity contribution in [2.24, 2.45) is 5.73 Å². The molecule has 2 N–H and O–H groups in total. The first kappa shape index (κ1) is 16.2. The van der Waals surface area contributed by atoms with Crippen LogP contribution in [0, 0.1) is 6.92 Å². The van der Waals surface area contributed by atoms with Crippen LogP contribution >= 0.6 is 11.3 Å². The van der Waals surface area contributed by atoms with Crippen LogP contribution in [0.3, 0.4) is 0 Å². The molecule has 3 aromatic rings. The molecule has 0 amide bonds. The molecule has 4 rings (SSSR count). The molecule has 2 heterocycles. The first-order valence-electron chi connectivity index (χ1n) is 8.43. The van der Waals surface area contributed by atoms with Gasteiger partial charge in [-0.1, -0.05) is 5.16 Å². The largest absolute Gasteiger partial charge is 0.494 e. The van der Waals surface area contributed by atoms with E-state index in [1.165, 1.54) is 0 Å². The SMILES string of the molecule is CCOc1ccc(-c2nc(C)c(-c3nc(C4(N)CCC4)no3)s2)cc1. The minimum absolute atomic E-state index is 0.418. The molecule has 1 fully saturated rings. The highest BCUT2D eigenvalue weighted by Crippen LogP contribution is 2.39. The van der Waals surface area contributed by atoms with E-state index in [4.69, 9.17) is 15.0 Å². The Morgan fingerprint density at radius 3 is 2.64 bits per heavy atom. The normalized spacial score (nSPS) is 15.8. The molecular formula is C18H20N4O2S. The van der Waals surface area contributed by atoms with Crippen molar-refractivity contribution in [1.82, 2.24) is 15.1 Å². The Bertz CT molecular complexity index is 881. The molecule has 1 aliphatic rings. The van der Waals surface area contributed by atoms with Gasteiger partial charge in [0.2, 0.25) is 0 Å². The zero-order valence-corrected chi connectivity index (χ0v) is 15.1. The minimum atomic E-state index is -0.418. The van der Waals surface area contributed by atoms with E-state index < -0.39 is 5.54 Å². The summed E-state index contributed by atoms with van der Waals surface area (Å²) in [4.78, 5) is 10.1. The molecule has 0 aliphatic heterocycles. The van der Waals surface area contributed by atoms with E-state index in [1.807, 2.05) is 38.1 Å². The van der Waals surface area contributed by atoms with Crippen LogP contribution in [0.25, 0.3) is 21.3 Å². The second kappa shape index (κ2) is 6.24. The second-order valence-electron chi connectivity index (χ2n) is 6.32. The third kappa shape index (κ3) is 2.94. The smallest absolute Gasteiger partial charge is 0.270 e. The topological polar surface area (TPSA) is 87.1 Å². The van der Waals surface area contributed by atoms with Crippen molar-refractivity contribution in [2.45, 2.75) is 38.6 Å². The van der Waals surface area contributed by atoms with E-state index in [0.717, 1.165) is 46.2 Å². The molecule has 0 unspecified atom stereocenters. The summed E-state index contributed by atoms with van der Waals surface area (Å²) in [5, 5.41) is 5.01. The van der Waals surface area contributed by atoms with Crippen molar-refractivity contribution in [3.63, 3.8) is 0 Å². The number of aromatic nitrogens is 3. The van der Waals surface area contributed by atoms with Crippen molar-refractivity contribution in [2.75, 3.05) is 6.61 Å². The van der Waals surface area contributed by atoms with Crippen molar-refractivity contribution < 1.29 is 9.26 Å². The summed E-state index contributed by atoms with van der Waals surface area (Å²) in [5.74, 6) is 1.96. The number of thiazole rings is 1. The number of ether oxygens (including phenoxy) is 1. The predicted molar refractivity (Wildman–Crippen MR) is 96.5 cm³/mol. The molecule has 0 spiro atoms. The summed E-state index contributed by atoms with van der Waals surface area (Å²) in [6.45, 7) is 4.58. The van der Waals surface area contributed by atoms with Gasteiger partial charge in [0.1, 0.15) is 15.6 Å². The average Bonchev–Trinajstić information content (AvgIpc) is 3.20. The highest BCUT2D eigenvalue weighted by Gasteiger charge is 2.39. The molecule has 0 bridgehead atoms. The molecule has 0 saturated heterocycles. The first-order chi connectivity index (χ1) is 12.1. The van der Waals surface area contributed by atoms with Crippen LogP contribution in [0.4, 0.5) is 0 Å². The lowest BCUT2D eigenvalue weighted by molar-refractivity contribution is 0.229. The van der Waals surface area contributed by atoms with Crippen LogP contribution in [0.15, 0.2) is 28.8 Å². The van der Waals surface area contributed by atoms with E-state index >= 15 is 0 Å². The van der Waals surface area contributed by atoms with Crippen molar-refractivity contribution in [3.05, 3.63) is 35.8 Å². The maximum Gasteiger partial charge on any atom is 0.270 e. The Balaban J connectivity index is 1.62. The summed E-state index contributed by atoms with van der Waals surface area (Å²) < 4.78 is 10.9. The van der Waals surface area contributed by atoms with E-state index in [2.05, 4.69) is 15.1 Å². The molecule has 1 aromatic carbocycles. The number of nitrogens with two attached hydrogens (primary N) is 1. The van der Waals surface area contributed by atoms with Gasteiger partial charge in [0.05, 0.1) is 17.8 Å². The number of hydrogen-bond acceptors (Lipinski definition) is 7. The van der Waals surface area contributed by atoms with E-state index in [9.17, 15) is 0 Å². The van der Waals surface area contributed by atoms with Crippen molar-refractivity contribution in [3.8, 4) is 27.1 Å². The van der Waals surface area contributed by atoms with E-state index in [-0.39, 0.29) is 0 Å². The maximum absolute atomic E-state index is 6.28. The fraction of sp³-hybridized carbons (Fsp3) is 0.389. The van der Waals surface area contributed by atoms with Crippen molar-refractivity contribution in [1.29, 1.82) is 0 Å². The van der Waals surface area contributed by atoms with Crippen LogP contribution in [0.1, 0.15) is 37.7 Å². The average molecular weight is 356 g/mol. The number of benzene rings is 1. The summed E-state index contributed by atoms with van der Waals surface area (Å²) in [5.41, 5.74) is 7.78. The molecule has 1 aliphatic carbocycles. The lowest BCUT2D eigenvalue weighted by atomic mass is 9.77. The monoisotopic (exact) mass is 356 g/mol. The highest BCUT2D eigenvalue weighted by atomic mass is 32.1. The molecule has 1 saturated carbocycles. The zero-order chi connectivity index (χ0) is 17.4. The molecular weight excluding hydrogens is 336 g/mol. The van der Waals surface area contributed by atoms with E-state index in [1.54, 1.807) is 11.3 Å². The summed E-state index contributed by atoms with van der Waals surface area (Å²) in [7, 11) is 0. The van der Waals surface area contributed by atoms with Gasteiger partial charge in [0.15, 0.2) is 5.82 Å². The van der Waals surface area contributed by atoms with Crippen LogP contribution in [-0.2, 0) is 5.54 Å². The third-order valence-electron chi connectivity index (χ3n) is 4.52. The lowest BCUT2D eigenvalue weighted by Crippen LogP contribution is -2.44. The fourth-order valence-corrected chi connectivity index (χ4v) is 3.87. The van der Waals surface area contributed by atoms with E-state index in [0.29, 0.717) is 18.3 Å². The minimum Gasteiger partial charge on any atom is -0.494 e. The van der Waals surface area contributed by atoms with Crippen molar-refractivity contribution >= 4 is 11.3 Å². The zero-order valence-electron chi connectivity index (χ0n) is 14.3. The molecule has 0 radical (unpaired) electrons. The number of rotatable bonds is 5. The summed E-state index contributed by atoms with van der Waals surface area (Å²) in [6, 6.07) is 7.93. The molecule has 25 heavy (non-hydrogen) atoms. The first-order valence-corrected chi connectivity index (χ1v) is 9.25. The molecule has 130 valence electrons. The third-order valence-corrected chi connectivity index (χ3v) is 5.71. The van der Waals surface area contributed by atoms with Gasteiger partial charge in [-0.2, -0.15) is 4.98 Å². The number of nitrogens with zero attached hydrogens (tertiary/aromatic N) is 3. The predicted octanol–water partition coefficient (Wildman–Crippen LogP) is 3.91. The Morgan fingerprint density at radius 2 is 2.00 bits per heavy atom. The van der Waals surface area contributed by atoms with Crippen LogP contribution in [0.2, 0.25) is 0 Å². The number of aryl methyl sites for hydroxylation is 1. The second-order valence-corrected chi connectivity index (χ2v) is 7.32. The molecule has 6 nitrogen and oxygen atoms in total. The van der Waals surface area contributed by atoms with Gasteiger partial charge >= 0.3 is 0 Å².